The summed E-state index contributed by atoms with van der Waals surface area (Å²) >= 11 is 0. The molecule has 5 heteroatoms. The Morgan fingerprint density at radius 2 is 1.76 bits per heavy atom. The molecule has 0 unspecified atom stereocenters. The van der Waals surface area contributed by atoms with E-state index in [1.165, 1.54) is 17.7 Å². The van der Waals surface area contributed by atoms with Crippen molar-refractivity contribution in [1.29, 1.82) is 0 Å². The number of halogens is 3. The average Bonchev–Trinajstić information content (AvgIpc) is 2.89. The van der Waals surface area contributed by atoms with Crippen LogP contribution in [0.5, 0.6) is 0 Å². The number of imidazole rings is 1. The van der Waals surface area contributed by atoms with E-state index in [0.717, 1.165) is 29.6 Å². The van der Waals surface area contributed by atoms with Crippen LogP contribution in [0, 0.1) is 0 Å². The summed E-state index contributed by atoms with van der Waals surface area (Å²) in [5, 5.41) is 0. The Kier molecular flexibility index (Phi) is 3.20. The second-order valence-corrected chi connectivity index (χ2v) is 4.87. The van der Waals surface area contributed by atoms with E-state index >= 15 is 0 Å². The van der Waals surface area contributed by atoms with Crippen molar-refractivity contribution in [3.8, 4) is 11.4 Å². The molecule has 0 atom stereocenters. The van der Waals surface area contributed by atoms with Crippen molar-refractivity contribution in [2.45, 2.75) is 19.5 Å². The standard InChI is InChI=1S/C16H13F3N2/c1-2-10-3-8-13-14(9-10)21-15(20-13)11-4-6-12(7-5-11)16(17,18)19/h3-9H,2H2,1H3,(H,20,21). The number of alkyl halides is 3. The molecule has 2 nitrogen and oxygen atoms in total. The predicted molar refractivity (Wildman–Crippen MR) is 75.9 cm³/mol. The van der Waals surface area contributed by atoms with E-state index in [1.807, 2.05) is 18.2 Å². The third-order valence-electron chi connectivity index (χ3n) is 3.44. The van der Waals surface area contributed by atoms with E-state index in [0.29, 0.717) is 11.4 Å². The summed E-state index contributed by atoms with van der Waals surface area (Å²) < 4.78 is 37.6. The highest BCUT2D eigenvalue weighted by molar-refractivity contribution is 5.80. The lowest BCUT2D eigenvalue weighted by molar-refractivity contribution is -0.137. The van der Waals surface area contributed by atoms with Gasteiger partial charge in [0.05, 0.1) is 16.6 Å². The number of nitrogens with one attached hydrogen (secondary N) is 1. The zero-order chi connectivity index (χ0) is 15.0. The monoisotopic (exact) mass is 290 g/mol. The van der Waals surface area contributed by atoms with Crippen LogP contribution in [0.3, 0.4) is 0 Å². The molecule has 0 aliphatic rings. The van der Waals surface area contributed by atoms with E-state index < -0.39 is 11.7 Å². The Morgan fingerprint density at radius 1 is 1.05 bits per heavy atom. The van der Waals surface area contributed by atoms with Gasteiger partial charge in [-0.25, -0.2) is 4.98 Å². The Bertz CT molecular complexity index is 770. The minimum Gasteiger partial charge on any atom is -0.338 e. The molecule has 0 saturated carbocycles. The van der Waals surface area contributed by atoms with Crippen molar-refractivity contribution >= 4 is 11.0 Å². The lowest BCUT2D eigenvalue weighted by Gasteiger charge is -2.06. The first-order valence-corrected chi connectivity index (χ1v) is 6.63. The van der Waals surface area contributed by atoms with E-state index in [2.05, 4.69) is 16.9 Å². The van der Waals surface area contributed by atoms with Crippen LogP contribution in [0.4, 0.5) is 13.2 Å². The maximum absolute atomic E-state index is 12.5. The molecule has 3 aromatic rings. The minimum atomic E-state index is -4.32. The summed E-state index contributed by atoms with van der Waals surface area (Å²) in [4.78, 5) is 7.57. The maximum atomic E-state index is 12.5. The minimum absolute atomic E-state index is 0.576. The van der Waals surface area contributed by atoms with Gasteiger partial charge in [-0.3, -0.25) is 0 Å². The van der Waals surface area contributed by atoms with Gasteiger partial charge in [0.1, 0.15) is 5.82 Å². The number of aryl methyl sites for hydroxylation is 1. The third kappa shape index (κ3) is 2.63. The molecule has 108 valence electrons. The van der Waals surface area contributed by atoms with Gasteiger partial charge in [-0.15, -0.1) is 0 Å². The molecular formula is C16H13F3N2. The Labute approximate surface area is 119 Å². The number of hydrogen-bond acceptors (Lipinski definition) is 1. The van der Waals surface area contributed by atoms with Crippen LogP contribution in [0.25, 0.3) is 22.4 Å². The van der Waals surface area contributed by atoms with Crippen molar-refractivity contribution < 1.29 is 13.2 Å². The first kappa shape index (κ1) is 13.7. The molecule has 2 aromatic carbocycles. The summed E-state index contributed by atoms with van der Waals surface area (Å²) in [6.07, 6.45) is -3.40. The summed E-state index contributed by atoms with van der Waals surface area (Å²) in [7, 11) is 0. The van der Waals surface area contributed by atoms with Crippen molar-refractivity contribution in [1.82, 2.24) is 9.97 Å². The van der Waals surface area contributed by atoms with Gasteiger partial charge in [-0.1, -0.05) is 25.1 Å². The number of fused-ring (bicyclic) bond motifs is 1. The maximum Gasteiger partial charge on any atom is 0.416 e. The van der Waals surface area contributed by atoms with Crippen molar-refractivity contribution in [2.24, 2.45) is 0 Å². The molecule has 0 aliphatic heterocycles. The SMILES string of the molecule is CCc1ccc2nc(-c3ccc(C(F)(F)F)cc3)[nH]c2c1. The zero-order valence-corrected chi connectivity index (χ0v) is 11.3. The number of benzene rings is 2. The molecule has 0 saturated heterocycles. The fourth-order valence-electron chi connectivity index (χ4n) is 2.23. The summed E-state index contributed by atoms with van der Waals surface area (Å²) in [6.45, 7) is 2.06. The number of nitrogens with zero attached hydrogens (tertiary/aromatic N) is 1. The fourth-order valence-corrected chi connectivity index (χ4v) is 2.23. The molecule has 1 heterocycles. The van der Waals surface area contributed by atoms with Crippen LogP contribution in [-0.4, -0.2) is 9.97 Å². The molecule has 0 fully saturated rings. The van der Waals surface area contributed by atoms with E-state index in [-0.39, 0.29) is 0 Å². The molecule has 1 aromatic heterocycles. The van der Waals surface area contributed by atoms with E-state index in [1.54, 1.807) is 0 Å². The van der Waals surface area contributed by atoms with E-state index in [9.17, 15) is 13.2 Å². The van der Waals surface area contributed by atoms with Crippen molar-refractivity contribution in [2.75, 3.05) is 0 Å². The molecular weight excluding hydrogens is 277 g/mol. The van der Waals surface area contributed by atoms with Gasteiger partial charge in [0.2, 0.25) is 0 Å². The molecule has 21 heavy (non-hydrogen) atoms. The van der Waals surface area contributed by atoms with Crippen LogP contribution in [-0.2, 0) is 12.6 Å². The molecule has 0 radical (unpaired) electrons. The third-order valence-corrected chi connectivity index (χ3v) is 3.44. The molecule has 0 spiro atoms. The van der Waals surface area contributed by atoms with Gasteiger partial charge >= 0.3 is 6.18 Å². The highest BCUT2D eigenvalue weighted by Gasteiger charge is 2.30. The van der Waals surface area contributed by atoms with Gasteiger partial charge in [-0.05, 0) is 36.2 Å². The number of rotatable bonds is 2. The van der Waals surface area contributed by atoms with Crippen molar-refractivity contribution in [3.05, 3.63) is 53.6 Å². The molecule has 0 aliphatic carbocycles. The fraction of sp³-hybridized carbons (Fsp3) is 0.188. The molecule has 3 rings (SSSR count). The lowest BCUT2D eigenvalue weighted by Crippen LogP contribution is -2.04. The normalized spacial score (nSPS) is 12.0. The second kappa shape index (κ2) is 4.91. The molecule has 0 amide bonds. The van der Waals surface area contributed by atoms with Crippen LogP contribution in [0.1, 0.15) is 18.1 Å². The predicted octanol–water partition coefficient (Wildman–Crippen LogP) is 4.81. The Morgan fingerprint density at radius 3 is 2.38 bits per heavy atom. The quantitative estimate of drug-likeness (QED) is 0.720. The number of hydrogen-bond donors (Lipinski definition) is 1. The zero-order valence-electron chi connectivity index (χ0n) is 11.3. The van der Waals surface area contributed by atoms with Gasteiger partial charge in [0.15, 0.2) is 0 Å². The molecule has 0 bridgehead atoms. The number of aromatic amines is 1. The van der Waals surface area contributed by atoms with Crippen LogP contribution in [0.15, 0.2) is 42.5 Å². The molecule has 1 N–H and O–H groups in total. The van der Waals surface area contributed by atoms with Crippen LogP contribution < -0.4 is 0 Å². The van der Waals surface area contributed by atoms with Crippen molar-refractivity contribution in [3.63, 3.8) is 0 Å². The smallest absolute Gasteiger partial charge is 0.338 e. The Balaban J connectivity index is 2.00. The number of H-pyrrole nitrogens is 1. The summed E-state index contributed by atoms with van der Waals surface area (Å²) in [5.41, 5.74) is 2.87. The largest absolute Gasteiger partial charge is 0.416 e. The second-order valence-electron chi connectivity index (χ2n) is 4.87. The highest BCUT2D eigenvalue weighted by Crippen LogP contribution is 2.30. The Hall–Kier alpha value is -2.30. The van der Waals surface area contributed by atoms with Gasteiger partial charge < -0.3 is 4.98 Å². The first-order valence-electron chi connectivity index (χ1n) is 6.63. The van der Waals surface area contributed by atoms with Gasteiger partial charge in [-0.2, -0.15) is 13.2 Å². The summed E-state index contributed by atoms with van der Waals surface area (Å²) in [5.74, 6) is 0.576. The van der Waals surface area contributed by atoms with E-state index in [4.69, 9.17) is 0 Å². The number of aromatic nitrogens is 2. The van der Waals surface area contributed by atoms with Crippen LogP contribution in [0.2, 0.25) is 0 Å². The van der Waals surface area contributed by atoms with Gasteiger partial charge in [0, 0.05) is 5.56 Å². The average molecular weight is 290 g/mol. The summed E-state index contributed by atoms with van der Waals surface area (Å²) in [6, 6.07) is 10.9. The topological polar surface area (TPSA) is 28.7 Å². The highest BCUT2D eigenvalue weighted by atomic mass is 19.4. The van der Waals surface area contributed by atoms with Crippen LogP contribution >= 0.6 is 0 Å². The first-order chi connectivity index (χ1) is 9.97. The van der Waals surface area contributed by atoms with Gasteiger partial charge in [0.25, 0.3) is 0 Å². The lowest BCUT2D eigenvalue weighted by atomic mass is 10.1.